The smallest absolute Gasteiger partial charge is 0.220 e. The Kier molecular flexibility index (Phi) is 6.37. The highest BCUT2D eigenvalue weighted by Gasteiger charge is 2.10. The van der Waals surface area contributed by atoms with Crippen molar-refractivity contribution in [2.24, 2.45) is 5.73 Å². The third kappa shape index (κ3) is 6.05. The van der Waals surface area contributed by atoms with Gasteiger partial charge in [-0.05, 0) is 13.3 Å². The van der Waals surface area contributed by atoms with Gasteiger partial charge in [-0.15, -0.1) is 0 Å². The number of amides is 1. The number of morpholine rings is 1. The molecule has 0 aromatic carbocycles. The van der Waals surface area contributed by atoms with Crippen LogP contribution in [0.3, 0.4) is 0 Å². The Morgan fingerprint density at radius 2 is 2.19 bits per heavy atom. The number of nitrogens with one attached hydrogen (secondary N) is 1. The molecule has 5 nitrogen and oxygen atoms in total. The van der Waals surface area contributed by atoms with Gasteiger partial charge in [0.1, 0.15) is 0 Å². The second kappa shape index (κ2) is 7.60. The minimum Gasteiger partial charge on any atom is -0.379 e. The predicted molar refractivity (Wildman–Crippen MR) is 63.2 cm³/mol. The van der Waals surface area contributed by atoms with Gasteiger partial charge in [-0.3, -0.25) is 9.69 Å². The second-order valence-corrected chi connectivity index (χ2v) is 4.32. The summed E-state index contributed by atoms with van der Waals surface area (Å²) in [6.07, 6.45) is 1.28. The molecule has 1 heterocycles. The van der Waals surface area contributed by atoms with Crippen LogP contribution < -0.4 is 11.1 Å². The van der Waals surface area contributed by atoms with Crippen LogP contribution in [-0.4, -0.2) is 56.2 Å². The van der Waals surface area contributed by atoms with Crippen LogP contribution in [0.4, 0.5) is 0 Å². The molecule has 1 amide bonds. The molecule has 0 spiro atoms. The van der Waals surface area contributed by atoms with Crippen molar-refractivity contribution in [3.8, 4) is 0 Å². The summed E-state index contributed by atoms with van der Waals surface area (Å²) in [6.45, 7) is 7.09. The number of nitrogens with zero attached hydrogens (tertiary/aromatic N) is 1. The highest BCUT2D eigenvalue weighted by atomic mass is 16.5. The lowest BCUT2D eigenvalue weighted by molar-refractivity contribution is -0.121. The molecule has 0 radical (unpaired) electrons. The summed E-state index contributed by atoms with van der Waals surface area (Å²) in [6, 6.07) is 0.102. The van der Waals surface area contributed by atoms with Gasteiger partial charge in [-0.25, -0.2) is 0 Å². The average molecular weight is 229 g/mol. The largest absolute Gasteiger partial charge is 0.379 e. The number of rotatable bonds is 6. The van der Waals surface area contributed by atoms with Crippen molar-refractivity contribution >= 4 is 5.91 Å². The highest BCUT2D eigenvalue weighted by molar-refractivity contribution is 5.75. The quantitative estimate of drug-likeness (QED) is 0.648. The summed E-state index contributed by atoms with van der Waals surface area (Å²) in [5, 5.41) is 2.91. The van der Waals surface area contributed by atoms with E-state index in [1.165, 1.54) is 0 Å². The number of hydrogen-bond donors (Lipinski definition) is 2. The molecule has 5 heteroatoms. The third-order valence-electron chi connectivity index (χ3n) is 2.68. The average Bonchev–Trinajstić information content (AvgIpc) is 2.28. The van der Waals surface area contributed by atoms with E-state index < -0.39 is 0 Å². The van der Waals surface area contributed by atoms with E-state index in [1.807, 2.05) is 6.92 Å². The SMILES string of the molecule is CC(N)CCC(=O)NCCN1CCOCC1. The maximum Gasteiger partial charge on any atom is 0.220 e. The zero-order valence-corrected chi connectivity index (χ0v) is 10.1. The van der Waals surface area contributed by atoms with Crippen LogP contribution in [0.5, 0.6) is 0 Å². The summed E-state index contributed by atoms with van der Waals surface area (Å²) in [4.78, 5) is 13.7. The van der Waals surface area contributed by atoms with Crippen molar-refractivity contribution < 1.29 is 9.53 Å². The van der Waals surface area contributed by atoms with E-state index in [2.05, 4.69) is 10.2 Å². The first-order valence-electron chi connectivity index (χ1n) is 6.01. The molecular formula is C11H23N3O2. The third-order valence-corrected chi connectivity index (χ3v) is 2.68. The summed E-state index contributed by atoms with van der Waals surface area (Å²) < 4.78 is 5.25. The summed E-state index contributed by atoms with van der Waals surface area (Å²) in [5.41, 5.74) is 5.58. The zero-order valence-electron chi connectivity index (χ0n) is 10.1. The Morgan fingerprint density at radius 3 is 2.81 bits per heavy atom. The van der Waals surface area contributed by atoms with Crippen LogP contribution in [0.1, 0.15) is 19.8 Å². The molecule has 1 atom stereocenters. The fourth-order valence-electron chi connectivity index (χ4n) is 1.63. The fraction of sp³-hybridized carbons (Fsp3) is 0.909. The summed E-state index contributed by atoms with van der Waals surface area (Å²) in [5.74, 6) is 0.102. The molecule has 1 rings (SSSR count). The molecule has 0 aliphatic carbocycles. The molecule has 3 N–H and O–H groups in total. The molecule has 0 bridgehead atoms. The molecular weight excluding hydrogens is 206 g/mol. The summed E-state index contributed by atoms with van der Waals surface area (Å²) >= 11 is 0. The van der Waals surface area contributed by atoms with Gasteiger partial charge in [-0.2, -0.15) is 0 Å². The van der Waals surface area contributed by atoms with Gasteiger partial charge in [0.15, 0.2) is 0 Å². The monoisotopic (exact) mass is 229 g/mol. The van der Waals surface area contributed by atoms with E-state index in [0.29, 0.717) is 6.42 Å². The van der Waals surface area contributed by atoms with Crippen molar-refractivity contribution in [3.63, 3.8) is 0 Å². The summed E-state index contributed by atoms with van der Waals surface area (Å²) in [7, 11) is 0. The molecule has 1 aliphatic rings. The fourth-order valence-corrected chi connectivity index (χ4v) is 1.63. The Balaban J connectivity index is 1.99. The molecule has 0 aromatic heterocycles. The maximum absolute atomic E-state index is 11.4. The normalized spacial score (nSPS) is 19.4. The van der Waals surface area contributed by atoms with Crippen LogP contribution >= 0.6 is 0 Å². The lowest BCUT2D eigenvalue weighted by Gasteiger charge is -2.26. The molecule has 16 heavy (non-hydrogen) atoms. The Hall–Kier alpha value is -0.650. The van der Waals surface area contributed by atoms with Crippen molar-refractivity contribution in [1.29, 1.82) is 0 Å². The number of nitrogens with two attached hydrogens (primary N) is 1. The van der Waals surface area contributed by atoms with Crippen LogP contribution in [0.25, 0.3) is 0 Å². The van der Waals surface area contributed by atoms with Gasteiger partial charge in [0.2, 0.25) is 5.91 Å². The second-order valence-electron chi connectivity index (χ2n) is 4.32. The number of carbonyl (C=O) groups excluding carboxylic acids is 1. The Morgan fingerprint density at radius 1 is 1.50 bits per heavy atom. The van der Waals surface area contributed by atoms with E-state index in [0.717, 1.165) is 45.8 Å². The van der Waals surface area contributed by atoms with E-state index in [1.54, 1.807) is 0 Å². The molecule has 0 saturated carbocycles. The molecule has 94 valence electrons. The highest BCUT2D eigenvalue weighted by Crippen LogP contribution is 1.96. The van der Waals surface area contributed by atoms with Crippen LogP contribution in [0, 0.1) is 0 Å². The van der Waals surface area contributed by atoms with Crippen molar-refractivity contribution in [2.75, 3.05) is 39.4 Å². The van der Waals surface area contributed by atoms with Crippen molar-refractivity contribution in [3.05, 3.63) is 0 Å². The first kappa shape index (κ1) is 13.4. The van der Waals surface area contributed by atoms with Crippen LogP contribution in [0.2, 0.25) is 0 Å². The van der Waals surface area contributed by atoms with Crippen LogP contribution in [-0.2, 0) is 9.53 Å². The first-order chi connectivity index (χ1) is 7.68. The predicted octanol–water partition coefficient (Wildman–Crippen LogP) is -0.438. The van der Waals surface area contributed by atoms with Gasteiger partial charge in [0.05, 0.1) is 13.2 Å². The molecule has 1 saturated heterocycles. The first-order valence-corrected chi connectivity index (χ1v) is 6.01. The lowest BCUT2D eigenvalue weighted by atomic mass is 10.2. The molecule has 1 unspecified atom stereocenters. The van der Waals surface area contributed by atoms with Gasteiger partial charge >= 0.3 is 0 Å². The van der Waals surface area contributed by atoms with Crippen molar-refractivity contribution in [1.82, 2.24) is 10.2 Å². The zero-order chi connectivity index (χ0) is 11.8. The van der Waals surface area contributed by atoms with Gasteiger partial charge in [0.25, 0.3) is 0 Å². The van der Waals surface area contributed by atoms with Gasteiger partial charge in [0, 0.05) is 38.6 Å². The van der Waals surface area contributed by atoms with Gasteiger partial charge < -0.3 is 15.8 Å². The van der Waals surface area contributed by atoms with E-state index in [4.69, 9.17) is 10.5 Å². The molecule has 1 aliphatic heterocycles. The van der Waals surface area contributed by atoms with Gasteiger partial charge in [-0.1, -0.05) is 0 Å². The topological polar surface area (TPSA) is 67.6 Å². The number of carbonyl (C=O) groups is 1. The number of hydrogen-bond acceptors (Lipinski definition) is 4. The number of ether oxygens (including phenoxy) is 1. The lowest BCUT2D eigenvalue weighted by Crippen LogP contribution is -2.41. The van der Waals surface area contributed by atoms with E-state index in [9.17, 15) is 4.79 Å². The van der Waals surface area contributed by atoms with E-state index in [-0.39, 0.29) is 11.9 Å². The van der Waals surface area contributed by atoms with Crippen molar-refractivity contribution in [2.45, 2.75) is 25.8 Å². The Labute approximate surface area is 97.3 Å². The molecule has 0 aromatic rings. The standard InChI is InChI=1S/C11H23N3O2/c1-10(12)2-3-11(15)13-4-5-14-6-8-16-9-7-14/h10H,2-9,12H2,1H3,(H,13,15). The minimum absolute atomic E-state index is 0.102. The molecule has 1 fully saturated rings. The van der Waals surface area contributed by atoms with Crippen LogP contribution in [0.15, 0.2) is 0 Å². The minimum atomic E-state index is 0.102. The van der Waals surface area contributed by atoms with E-state index >= 15 is 0 Å². The maximum atomic E-state index is 11.4. The Bertz CT molecular complexity index is 203.